The van der Waals surface area contributed by atoms with Crippen molar-refractivity contribution in [1.82, 2.24) is 9.94 Å². The molecule has 0 radical (unpaired) electrons. The van der Waals surface area contributed by atoms with Gasteiger partial charge >= 0.3 is 6.18 Å². The summed E-state index contributed by atoms with van der Waals surface area (Å²) in [5.74, 6) is 0. The maximum Gasteiger partial charge on any atom is 0.435 e. The molecule has 1 aromatic heterocycles. The summed E-state index contributed by atoms with van der Waals surface area (Å²) in [6.45, 7) is 0. The van der Waals surface area contributed by atoms with Gasteiger partial charge in [-0.05, 0) is 25.7 Å². The first-order valence-electron chi connectivity index (χ1n) is 4.87. The van der Waals surface area contributed by atoms with Crippen molar-refractivity contribution < 1.29 is 18.4 Å². The lowest BCUT2D eigenvalue weighted by molar-refractivity contribution is -0.143. The number of nitrogens with zero attached hydrogens (tertiary/aromatic N) is 2. The number of hydrogen-bond acceptors (Lipinski definition) is 2. The van der Waals surface area contributed by atoms with Crippen LogP contribution < -0.4 is 0 Å². The summed E-state index contributed by atoms with van der Waals surface area (Å²) < 4.78 is 37.6. The van der Waals surface area contributed by atoms with E-state index in [-0.39, 0.29) is 5.56 Å². The van der Waals surface area contributed by atoms with Crippen LogP contribution in [0.1, 0.15) is 36.2 Å². The molecule has 6 heteroatoms. The van der Waals surface area contributed by atoms with Crippen molar-refractivity contribution in [1.29, 1.82) is 0 Å². The largest absolute Gasteiger partial charge is 0.435 e. The Hall–Kier alpha value is -1.20. The van der Waals surface area contributed by atoms with E-state index in [1.807, 2.05) is 0 Å². The fourth-order valence-corrected chi connectivity index (χ4v) is 1.99. The van der Waals surface area contributed by atoms with E-state index in [2.05, 4.69) is 5.10 Å². The van der Waals surface area contributed by atoms with Crippen LogP contribution in [0.4, 0.5) is 13.2 Å². The van der Waals surface area contributed by atoms with Crippen LogP contribution in [0.2, 0.25) is 0 Å². The normalized spacial score (nSPS) is 17.3. The summed E-state index contributed by atoms with van der Waals surface area (Å²) in [6.07, 6.45) is -1.23. The van der Waals surface area contributed by atoms with Gasteiger partial charge in [0.25, 0.3) is 0 Å². The molecule has 0 unspecified atom stereocenters. The zero-order valence-electron chi connectivity index (χ0n) is 8.01. The third-order valence-corrected chi connectivity index (χ3v) is 2.68. The lowest BCUT2D eigenvalue weighted by Gasteiger charge is -2.04. The average molecular weight is 220 g/mol. The molecule has 3 nitrogen and oxygen atoms in total. The SMILES string of the molecule is On1nc(C(F)(F)F)c2c1CCCCC2. The molecule has 1 aliphatic rings. The van der Waals surface area contributed by atoms with Gasteiger partial charge in [0.1, 0.15) is 0 Å². The van der Waals surface area contributed by atoms with Gasteiger partial charge in [-0.15, -0.1) is 9.94 Å². The van der Waals surface area contributed by atoms with E-state index in [0.29, 0.717) is 23.4 Å². The number of rotatable bonds is 0. The summed E-state index contributed by atoms with van der Waals surface area (Å²) in [6, 6.07) is 0. The summed E-state index contributed by atoms with van der Waals surface area (Å²) in [7, 11) is 0. The quantitative estimate of drug-likeness (QED) is 0.538. The second kappa shape index (κ2) is 3.43. The van der Waals surface area contributed by atoms with E-state index < -0.39 is 11.9 Å². The van der Waals surface area contributed by atoms with E-state index in [0.717, 1.165) is 19.3 Å². The highest BCUT2D eigenvalue weighted by Crippen LogP contribution is 2.34. The van der Waals surface area contributed by atoms with Gasteiger partial charge in [0.05, 0.1) is 5.69 Å². The Morgan fingerprint density at radius 3 is 2.47 bits per heavy atom. The Kier molecular flexibility index (Phi) is 2.36. The van der Waals surface area contributed by atoms with Gasteiger partial charge in [-0.25, -0.2) is 0 Å². The molecule has 0 fully saturated rings. The molecule has 0 atom stereocenters. The second-order valence-corrected chi connectivity index (χ2v) is 3.72. The molecule has 0 bridgehead atoms. The Morgan fingerprint density at radius 1 is 1.13 bits per heavy atom. The monoisotopic (exact) mass is 220 g/mol. The number of fused-ring (bicyclic) bond motifs is 1. The van der Waals surface area contributed by atoms with Gasteiger partial charge in [-0.2, -0.15) is 13.2 Å². The third-order valence-electron chi connectivity index (χ3n) is 2.68. The van der Waals surface area contributed by atoms with Crippen LogP contribution in [-0.4, -0.2) is 15.2 Å². The van der Waals surface area contributed by atoms with Gasteiger partial charge in [0, 0.05) is 5.56 Å². The first kappa shape index (κ1) is 10.3. The van der Waals surface area contributed by atoms with Crippen molar-refractivity contribution >= 4 is 0 Å². The minimum atomic E-state index is -4.47. The number of hydrogen-bond donors (Lipinski definition) is 1. The van der Waals surface area contributed by atoms with Gasteiger partial charge in [0.2, 0.25) is 0 Å². The molecule has 0 aliphatic heterocycles. The molecular formula is C9H11F3N2O. The molecule has 1 heterocycles. The van der Waals surface area contributed by atoms with Crippen LogP contribution in [0.15, 0.2) is 0 Å². The van der Waals surface area contributed by atoms with E-state index in [1.165, 1.54) is 0 Å². The third kappa shape index (κ3) is 1.80. The van der Waals surface area contributed by atoms with Crippen molar-refractivity contribution in [2.24, 2.45) is 0 Å². The fourth-order valence-electron chi connectivity index (χ4n) is 1.99. The minimum absolute atomic E-state index is 0.169. The highest BCUT2D eigenvalue weighted by molar-refractivity contribution is 5.29. The van der Waals surface area contributed by atoms with Gasteiger partial charge in [-0.3, -0.25) is 0 Å². The van der Waals surface area contributed by atoms with Gasteiger partial charge in [0.15, 0.2) is 5.69 Å². The average Bonchev–Trinajstić information content (AvgIpc) is 2.37. The van der Waals surface area contributed by atoms with Gasteiger partial charge in [-0.1, -0.05) is 6.42 Å². The first-order chi connectivity index (χ1) is 7.00. The standard InChI is InChI=1S/C9H11F3N2O/c10-9(11,12)8-6-4-2-1-3-5-7(6)14(15)13-8/h15H,1-5H2. The Labute approximate surface area is 84.5 Å². The van der Waals surface area contributed by atoms with Crippen molar-refractivity contribution in [3.8, 4) is 0 Å². The Morgan fingerprint density at radius 2 is 1.80 bits per heavy atom. The lowest BCUT2D eigenvalue weighted by atomic mass is 10.1. The van der Waals surface area contributed by atoms with Crippen molar-refractivity contribution in [3.63, 3.8) is 0 Å². The molecule has 84 valence electrons. The molecule has 1 aromatic rings. The number of halogens is 3. The molecule has 0 amide bonds. The first-order valence-corrected chi connectivity index (χ1v) is 4.87. The predicted octanol–water partition coefficient (Wildman–Crippen LogP) is 2.41. The molecule has 0 saturated heterocycles. The van der Waals surface area contributed by atoms with Crippen molar-refractivity contribution in [2.45, 2.75) is 38.3 Å². The van der Waals surface area contributed by atoms with Crippen molar-refractivity contribution in [2.75, 3.05) is 0 Å². The molecule has 1 N–H and O–H groups in total. The minimum Gasteiger partial charge on any atom is -0.411 e. The highest BCUT2D eigenvalue weighted by Gasteiger charge is 2.39. The maximum atomic E-state index is 12.5. The second-order valence-electron chi connectivity index (χ2n) is 3.72. The van der Waals surface area contributed by atoms with Crippen LogP contribution in [-0.2, 0) is 19.0 Å². The summed E-state index contributed by atoms with van der Waals surface area (Å²) in [4.78, 5) is 0.392. The number of aromatic nitrogens is 2. The van der Waals surface area contributed by atoms with Crippen LogP contribution in [0.3, 0.4) is 0 Å². The molecule has 0 spiro atoms. The summed E-state index contributed by atoms with van der Waals surface area (Å²) in [5, 5.41) is 12.4. The Bertz CT molecular complexity index is 370. The topological polar surface area (TPSA) is 38.0 Å². The molecule has 1 aliphatic carbocycles. The molecule has 2 rings (SSSR count). The zero-order valence-corrected chi connectivity index (χ0v) is 8.01. The van der Waals surface area contributed by atoms with E-state index in [9.17, 15) is 18.4 Å². The highest BCUT2D eigenvalue weighted by atomic mass is 19.4. The fraction of sp³-hybridized carbons (Fsp3) is 0.667. The van der Waals surface area contributed by atoms with E-state index in [1.54, 1.807) is 0 Å². The zero-order chi connectivity index (χ0) is 11.1. The predicted molar refractivity (Wildman–Crippen MR) is 45.7 cm³/mol. The molecular weight excluding hydrogens is 209 g/mol. The number of alkyl halides is 3. The van der Waals surface area contributed by atoms with Crippen LogP contribution in [0.5, 0.6) is 0 Å². The lowest BCUT2D eigenvalue weighted by Crippen LogP contribution is -2.09. The summed E-state index contributed by atoms with van der Waals surface area (Å²) >= 11 is 0. The van der Waals surface area contributed by atoms with E-state index >= 15 is 0 Å². The van der Waals surface area contributed by atoms with Crippen molar-refractivity contribution in [3.05, 3.63) is 17.0 Å². The van der Waals surface area contributed by atoms with E-state index in [4.69, 9.17) is 0 Å². The molecule has 15 heavy (non-hydrogen) atoms. The molecule has 0 saturated carbocycles. The smallest absolute Gasteiger partial charge is 0.411 e. The van der Waals surface area contributed by atoms with Crippen LogP contribution in [0.25, 0.3) is 0 Å². The van der Waals surface area contributed by atoms with Crippen LogP contribution in [0, 0.1) is 0 Å². The molecule has 0 aromatic carbocycles. The van der Waals surface area contributed by atoms with Gasteiger partial charge < -0.3 is 5.21 Å². The van der Waals surface area contributed by atoms with Crippen LogP contribution >= 0.6 is 0 Å². The summed E-state index contributed by atoms with van der Waals surface area (Å²) in [5.41, 5.74) is -0.441. The maximum absolute atomic E-state index is 12.5. The Balaban J connectivity index is 2.49.